The molecule has 0 atom stereocenters. The van der Waals surface area contributed by atoms with Crippen LogP contribution in [0.15, 0.2) is 50.6 Å². The molecule has 0 aliphatic heterocycles. The number of hydrogen-bond donors (Lipinski definition) is 1. The number of hydrogen-bond acceptors (Lipinski definition) is 6. The highest BCUT2D eigenvalue weighted by atomic mass is 79.9. The summed E-state index contributed by atoms with van der Waals surface area (Å²) in [6.07, 6.45) is 1.58. The molecule has 3 heterocycles. The van der Waals surface area contributed by atoms with E-state index in [1.54, 1.807) is 12.3 Å². The normalized spacial score (nSPS) is 11.3. The van der Waals surface area contributed by atoms with Crippen LogP contribution in [-0.2, 0) is 18.4 Å². The van der Waals surface area contributed by atoms with Crippen LogP contribution in [0.1, 0.15) is 5.76 Å². The molecule has 1 aromatic carbocycles. The molecule has 0 spiro atoms. The van der Waals surface area contributed by atoms with E-state index < -0.39 is 0 Å². The van der Waals surface area contributed by atoms with Crippen molar-refractivity contribution < 1.29 is 9.21 Å². The van der Waals surface area contributed by atoms with E-state index in [-0.39, 0.29) is 11.7 Å². The molecule has 26 heavy (non-hydrogen) atoms. The summed E-state index contributed by atoms with van der Waals surface area (Å²) in [5, 5.41) is 12.7. The van der Waals surface area contributed by atoms with Crippen molar-refractivity contribution in [3.63, 3.8) is 0 Å². The van der Waals surface area contributed by atoms with Gasteiger partial charge in [-0.1, -0.05) is 27.7 Å². The Morgan fingerprint density at radius 2 is 2.23 bits per heavy atom. The summed E-state index contributed by atoms with van der Waals surface area (Å²) in [5.41, 5.74) is 2.52. The maximum absolute atomic E-state index is 12.0. The molecule has 0 saturated heterocycles. The standard InChI is InChI=1S/C17H14BrN5O2S/c1-23-13-5-4-10(18)7-12(13)15-16(23)20-17(22-21-15)26-9-14(24)19-8-11-3-2-6-25-11/h2-7H,8-9H2,1H3,(H,19,24). The molecular weight excluding hydrogens is 418 g/mol. The van der Waals surface area contributed by atoms with Crippen molar-refractivity contribution >= 4 is 55.7 Å². The molecule has 3 aromatic heterocycles. The molecule has 0 aliphatic rings. The fourth-order valence-electron chi connectivity index (χ4n) is 2.66. The fraction of sp³-hybridized carbons (Fsp3) is 0.176. The predicted octanol–water partition coefficient (Wildman–Crippen LogP) is 3.28. The molecular formula is C17H14BrN5O2S. The SMILES string of the molecule is Cn1c2ccc(Br)cc2c2nnc(SCC(=O)NCc3ccco3)nc21. The Hall–Kier alpha value is -2.39. The Bertz CT molecular complexity index is 1090. The lowest BCUT2D eigenvalue weighted by molar-refractivity contribution is -0.118. The van der Waals surface area contributed by atoms with E-state index in [4.69, 9.17) is 4.42 Å². The average Bonchev–Trinajstić information content (AvgIpc) is 3.25. The molecule has 9 heteroatoms. The van der Waals surface area contributed by atoms with Crippen LogP contribution in [0.5, 0.6) is 0 Å². The van der Waals surface area contributed by atoms with Gasteiger partial charge in [-0.05, 0) is 30.3 Å². The number of carbonyl (C=O) groups is 1. The smallest absolute Gasteiger partial charge is 0.230 e. The monoisotopic (exact) mass is 431 g/mol. The van der Waals surface area contributed by atoms with Crippen molar-refractivity contribution in [1.82, 2.24) is 25.1 Å². The first-order valence-corrected chi connectivity index (χ1v) is 9.60. The Balaban J connectivity index is 1.49. The summed E-state index contributed by atoms with van der Waals surface area (Å²) in [4.78, 5) is 16.5. The summed E-state index contributed by atoms with van der Waals surface area (Å²) in [5.74, 6) is 0.809. The highest BCUT2D eigenvalue weighted by molar-refractivity contribution is 9.10. The van der Waals surface area contributed by atoms with E-state index in [0.29, 0.717) is 17.5 Å². The Morgan fingerprint density at radius 1 is 1.35 bits per heavy atom. The first-order valence-electron chi connectivity index (χ1n) is 7.82. The van der Waals surface area contributed by atoms with E-state index in [9.17, 15) is 4.79 Å². The molecule has 132 valence electrons. The summed E-state index contributed by atoms with van der Waals surface area (Å²) >= 11 is 4.73. The van der Waals surface area contributed by atoms with Crippen LogP contribution in [0.25, 0.3) is 22.1 Å². The molecule has 0 aliphatic carbocycles. The lowest BCUT2D eigenvalue weighted by Crippen LogP contribution is -2.24. The van der Waals surface area contributed by atoms with E-state index in [1.807, 2.05) is 35.9 Å². The van der Waals surface area contributed by atoms with Gasteiger partial charge in [-0.25, -0.2) is 4.98 Å². The summed E-state index contributed by atoms with van der Waals surface area (Å²) in [6.45, 7) is 0.364. The van der Waals surface area contributed by atoms with Crippen LogP contribution in [0, 0.1) is 0 Å². The molecule has 1 N–H and O–H groups in total. The third kappa shape index (κ3) is 3.32. The van der Waals surface area contributed by atoms with Crippen LogP contribution in [0.3, 0.4) is 0 Å². The van der Waals surface area contributed by atoms with Gasteiger partial charge >= 0.3 is 0 Å². The zero-order valence-electron chi connectivity index (χ0n) is 13.8. The summed E-state index contributed by atoms with van der Waals surface area (Å²) in [6, 6.07) is 9.59. The van der Waals surface area contributed by atoms with Crippen molar-refractivity contribution in [1.29, 1.82) is 0 Å². The molecule has 0 bridgehead atoms. The van der Waals surface area contributed by atoms with E-state index in [1.165, 1.54) is 11.8 Å². The van der Waals surface area contributed by atoms with Crippen LogP contribution in [0.4, 0.5) is 0 Å². The number of rotatable bonds is 5. The molecule has 0 saturated carbocycles. The minimum absolute atomic E-state index is 0.115. The molecule has 4 aromatic rings. The maximum Gasteiger partial charge on any atom is 0.230 e. The van der Waals surface area contributed by atoms with Gasteiger partial charge in [0.1, 0.15) is 11.3 Å². The molecule has 0 radical (unpaired) electrons. The van der Waals surface area contributed by atoms with Gasteiger partial charge < -0.3 is 14.3 Å². The number of nitrogens with zero attached hydrogens (tertiary/aromatic N) is 4. The molecule has 1 amide bonds. The topological polar surface area (TPSA) is 85.8 Å². The van der Waals surface area contributed by atoms with Crippen molar-refractivity contribution in [2.75, 3.05) is 5.75 Å². The van der Waals surface area contributed by atoms with Crippen molar-refractivity contribution in [3.8, 4) is 0 Å². The number of aryl methyl sites for hydroxylation is 1. The second kappa shape index (κ2) is 7.08. The van der Waals surface area contributed by atoms with Gasteiger partial charge in [0, 0.05) is 16.9 Å². The number of aromatic nitrogens is 4. The molecule has 4 rings (SSSR count). The van der Waals surface area contributed by atoms with Gasteiger partial charge in [0.05, 0.1) is 24.1 Å². The van der Waals surface area contributed by atoms with Crippen LogP contribution in [0.2, 0.25) is 0 Å². The zero-order chi connectivity index (χ0) is 18.1. The van der Waals surface area contributed by atoms with Gasteiger partial charge in [-0.3, -0.25) is 4.79 Å². The van der Waals surface area contributed by atoms with Gasteiger partial charge in [0.2, 0.25) is 11.1 Å². The molecule has 0 unspecified atom stereocenters. The van der Waals surface area contributed by atoms with E-state index in [0.717, 1.165) is 26.5 Å². The van der Waals surface area contributed by atoms with Gasteiger partial charge in [0.15, 0.2) is 5.65 Å². The minimum atomic E-state index is -0.115. The quantitative estimate of drug-likeness (QED) is 0.488. The van der Waals surface area contributed by atoms with Crippen LogP contribution < -0.4 is 5.32 Å². The van der Waals surface area contributed by atoms with Gasteiger partial charge in [0.25, 0.3) is 0 Å². The first-order chi connectivity index (χ1) is 12.6. The number of benzene rings is 1. The lowest BCUT2D eigenvalue weighted by atomic mass is 10.2. The largest absolute Gasteiger partial charge is 0.467 e. The molecule has 7 nitrogen and oxygen atoms in total. The number of furan rings is 1. The number of fused-ring (bicyclic) bond motifs is 3. The fourth-order valence-corrected chi connectivity index (χ4v) is 3.63. The lowest BCUT2D eigenvalue weighted by Gasteiger charge is -2.03. The minimum Gasteiger partial charge on any atom is -0.467 e. The second-order valence-corrected chi connectivity index (χ2v) is 7.49. The molecule has 0 fully saturated rings. The van der Waals surface area contributed by atoms with Crippen molar-refractivity contribution in [3.05, 3.63) is 46.8 Å². The number of nitrogens with one attached hydrogen (secondary N) is 1. The first kappa shape index (κ1) is 17.0. The number of amides is 1. The predicted molar refractivity (Wildman–Crippen MR) is 103 cm³/mol. The zero-order valence-corrected chi connectivity index (χ0v) is 16.2. The van der Waals surface area contributed by atoms with Crippen LogP contribution in [-0.4, -0.2) is 31.4 Å². The highest BCUT2D eigenvalue weighted by Gasteiger charge is 2.14. The second-order valence-electron chi connectivity index (χ2n) is 5.63. The number of thioether (sulfide) groups is 1. The van der Waals surface area contributed by atoms with E-state index in [2.05, 4.69) is 36.4 Å². The van der Waals surface area contributed by atoms with E-state index >= 15 is 0 Å². The summed E-state index contributed by atoms with van der Waals surface area (Å²) in [7, 11) is 1.94. The third-order valence-electron chi connectivity index (χ3n) is 3.91. The highest BCUT2D eigenvalue weighted by Crippen LogP contribution is 2.28. The maximum atomic E-state index is 12.0. The number of halogens is 1. The Morgan fingerprint density at radius 3 is 3.04 bits per heavy atom. The van der Waals surface area contributed by atoms with Crippen molar-refractivity contribution in [2.45, 2.75) is 11.7 Å². The number of carbonyl (C=O) groups excluding carboxylic acids is 1. The van der Waals surface area contributed by atoms with Crippen molar-refractivity contribution in [2.24, 2.45) is 7.05 Å². The van der Waals surface area contributed by atoms with Gasteiger partial charge in [-0.15, -0.1) is 10.2 Å². The third-order valence-corrected chi connectivity index (χ3v) is 5.24. The van der Waals surface area contributed by atoms with Gasteiger partial charge in [-0.2, -0.15) is 0 Å². The summed E-state index contributed by atoms with van der Waals surface area (Å²) < 4.78 is 8.14. The van der Waals surface area contributed by atoms with Crippen LogP contribution >= 0.6 is 27.7 Å². The Labute approximate surface area is 161 Å². The Kier molecular flexibility index (Phi) is 4.64. The average molecular weight is 432 g/mol.